The van der Waals surface area contributed by atoms with Gasteiger partial charge in [-0.15, -0.1) is 48.0 Å². The van der Waals surface area contributed by atoms with E-state index in [1.54, 1.807) is 0 Å². The van der Waals surface area contributed by atoms with Gasteiger partial charge in [-0.05, 0) is 13.8 Å². The summed E-state index contributed by atoms with van der Waals surface area (Å²) in [6.07, 6.45) is 0. The van der Waals surface area contributed by atoms with Crippen molar-refractivity contribution in [2.24, 2.45) is 0 Å². The lowest BCUT2D eigenvalue weighted by atomic mass is 10.2. The van der Waals surface area contributed by atoms with E-state index in [-0.39, 0.29) is 48.0 Å². The molecular weight excluding hydrogens is 422 g/mol. The predicted molar refractivity (Wildman–Crippen MR) is 93.2 cm³/mol. The van der Waals surface area contributed by atoms with Crippen LogP contribution in [-0.2, 0) is 0 Å². The second kappa shape index (κ2) is 11.4. The maximum Gasteiger partial charge on any atom is -0.0398 e. The average molecular weight is 440 g/mol. The van der Waals surface area contributed by atoms with E-state index < -0.39 is 0 Å². The summed E-state index contributed by atoms with van der Waals surface area (Å²) in [5, 5.41) is 0. The van der Waals surface area contributed by atoms with E-state index in [0.717, 1.165) is 0 Å². The van der Waals surface area contributed by atoms with Crippen LogP contribution in [0.4, 0.5) is 0 Å². The minimum atomic E-state index is 0. The summed E-state index contributed by atoms with van der Waals surface area (Å²) in [5.74, 6) is 0. The molecular formula is C14H18I2. The van der Waals surface area contributed by atoms with Crippen molar-refractivity contribution >= 4 is 48.0 Å². The molecule has 88 valence electrons. The predicted octanol–water partition coefficient (Wildman–Crippen LogP) is 5.23. The van der Waals surface area contributed by atoms with Gasteiger partial charge in [0.1, 0.15) is 0 Å². The van der Waals surface area contributed by atoms with Crippen LogP contribution in [0.3, 0.4) is 0 Å². The normalized spacial score (nSPS) is 7.62. The Morgan fingerprint density at radius 3 is 0.875 bits per heavy atom. The van der Waals surface area contributed by atoms with E-state index in [2.05, 4.69) is 38.1 Å². The number of hydrogen-bond acceptors (Lipinski definition) is 0. The molecule has 0 unspecified atom stereocenters. The molecule has 0 aromatic heterocycles. The third kappa shape index (κ3) is 9.15. The van der Waals surface area contributed by atoms with Crippen molar-refractivity contribution in [3.8, 4) is 0 Å². The summed E-state index contributed by atoms with van der Waals surface area (Å²) >= 11 is 0. The van der Waals surface area contributed by atoms with Crippen molar-refractivity contribution in [2.75, 3.05) is 0 Å². The molecule has 0 aliphatic heterocycles. The fraction of sp³-hybridized carbons (Fsp3) is 0.143. The van der Waals surface area contributed by atoms with Crippen molar-refractivity contribution in [1.82, 2.24) is 0 Å². The van der Waals surface area contributed by atoms with Crippen molar-refractivity contribution in [3.63, 3.8) is 0 Å². The molecule has 0 atom stereocenters. The first-order valence-corrected chi connectivity index (χ1v) is 4.82. The number of benzene rings is 2. The van der Waals surface area contributed by atoms with Crippen LogP contribution in [0.15, 0.2) is 60.7 Å². The zero-order chi connectivity index (χ0) is 10.2. The van der Waals surface area contributed by atoms with Crippen LogP contribution in [0.1, 0.15) is 11.1 Å². The molecule has 0 aliphatic rings. The molecule has 16 heavy (non-hydrogen) atoms. The number of halogens is 2. The van der Waals surface area contributed by atoms with Crippen LogP contribution in [0, 0.1) is 13.8 Å². The van der Waals surface area contributed by atoms with Crippen molar-refractivity contribution in [3.05, 3.63) is 71.8 Å². The zero-order valence-corrected chi connectivity index (χ0v) is 14.3. The van der Waals surface area contributed by atoms with Gasteiger partial charge in [0.2, 0.25) is 0 Å². The molecule has 0 spiro atoms. The van der Waals surface area contributed by atoms with Crippen LogP contribution >= 0.6 is 48.0 Å². The van der Waals surface area contributed by atoms with Crippen LogP contribution in [-0.4, -0.2) is 0 Å². The van der Waals surface area contributed by atoms with Crippen LogP contribution in [0.25, 0.3) is 0 Å². The fourth-order valence-electron chi connectivity index (χ4n) is 1.07. The first kappa shape index (κ1) is 18.3. The zero-order valence-electron chi connectivity index (χ0n) is 9.59. The van der Waals surface area contributed by atoms with Crippen molar-refractivity contribution in [2.45, 2.75) is 13.8 Å². The lowest BCUT2D eigenvalue weighted by Crippen LogP contribution is -1.62. The maximum absolute atomic E-state index is 2.08. The van der Waals surface area contributed by atoms with Gasteiger partial charge < -0.3 is 0 Å². The Balaban J connectivity index is 0. The molecule has 0 saturated heterocycles. The monoisotopic (exact) mass is 440 g/mol. The smallest absolute Gasteiger partial charge is 0.0398 e. The second-order valence-electron chi connectivity index (χ2n) is 3.31. The van der Waals surface area contributed by atoms with Gasteiger partial charge in [-0.2, -0.15) is 0 Å². The second-order valence-corrected chi connectivity index (χ2v) is 3.31. The van der Waals surface area contributed by atoms with Crippen molar-refractivity contribution in [1.29, 1.82) is 0 Å². The molecule has 2 rings (SSSR count). The third-order valence-electron chi connectivity index (χ3n) is 1.88. The van der Waals surface area contributed by atoms with Gasteiger partial charge in [0.15, 0.2) is 0 Å². The van der Waals surface area contributed by atoms with Gasteiger partial charge >= 0.3 is 0 Å². The van der Waals surface area contributed by atoms with Crippen LogP contribution < -0.4 is 0 Å². The van der Waals surface area contributed by atoms with E-state index in [1.165, 1.54) is 11.1 Å². The molecule has 2 aromatic rings. The standard InChI is InChI=1S/2C7H8.2HI/c2*1-7-5-3-2-4-6-7;;/h2*2-6H,1H3;2*1H. The first-order valence-electron chi connectivity index (χ1n) is 4.82. The highest BCUT2D eigenvalue weighted by molar-refractivity contribution is 14.0. The summed E-state index contributed by atoms with van der Waals surface area (Å²) in [7, 11) is 0. The Morgan fingerprint density at radius 2 is 0.750 bits per heavy atom. The third-order valence-corrected chi connectivity index (χ3v) is 1.88. The molecule has 2 aromatic carbocycles. The molecule has 0 N–H and O–H groups in total. The van der Waals surface area contributed by atoms with E-state index in [9.17, 15) is 0 Å². The number of rotatable bonds is 0. The van der Waals surface area contributed by atoms with Gasteiger partial charge in [0.25, 0.3) is 0 Å². The molecule has 0 fully saturated rings. The molecule has 2 heteroatoms. The van der Waals surface area contributed by atoms with Crippen molar-refractivity contribution < 1.29 is 0 Å². The molecule has 0 radical (unpaired) electrons. The highest BCUT2D eigenvalue weighted by atomic mass is 127. The van der Waals surface area contributed by atoms with Gasteiger partial charge in [0.05, 0.1) is 0 Å². The Kier molecular flexibility index (Phi) is 13.0. The van der Waals surface area contributed by atoms with E-state index in [4.69, 9.17) is 0 Å². The Hall–Kier alpha value is -0.1000. The average Bonchev–Trinajstić information content (AvgIpc) is 2.21. The van der Waals surface area contributed by atoms with Gasteiger partial charge in [-0.25, -0.2) is 0 Å². The van der Waals surface area contributed by atoms with Gasteiger partial charge in [0, 0.05) is 0 Å². The lowest BCUT2D eigenvalue weighted by Gasteiger charge is -1.82. The summed E-state index contributed by atoms with van der Waals surface area (Å²) in [5.41, 5.74) is 2.64. The van der Waals surface area contributed by atoms with E-state index >= 15 is 0 Å². The molecule has 0 aliphatic carbocycles. The minimum absolute atomic E-state index is 0. The van der Waals surface area contributed by atoms with E-state index in [0.29, 0.717) is 0 Å². The number of aryl methyl sites for hydroxylation is 2. The summed E-state index contributed by atoms with van der Waals surface area (Å²) in [4.78, 5) is 0. The minimum Gasteiger partial charge on any atom is -0.107 e. The molecule has 0 saturated carbocycles. The first-order chi connectivity index (χ1) is 6.79. The summed E-state index contributed by atoms with van der Waals surface area (Å²) in [6.45, 7) is 4.17. The lowest BCUT2D eigenvalue weighted by molar-refractivity contribution is 1.48. The Bertz CT molecular complexity index is 306. The molecule has 0 amide bonds. The molecule has 0 bridgehead atoms. The van der Waals surface area contributed by atoms with Gasteiger partial charge in [-0.3, -0.25) is 0 Å². The highest BCUT2D eigenvalue weighted by Gasteiger charge is 1.72. The summed E-state index contributed by atoms with van der Waals surface area (Å²) in [6, 6.07) is 20.5. The van der Waals surface area contributed by atoms with Crippen LogP contribution in [0.2, 0.25) is 0 Å². The quantitative estimate of drug-likeness (QED) is 0.493. The van der Waals surface area contributed by atoms with Gasteiger partial charge in [-0.1, -0.05) is 71.8 Å². The van der Waals surface area contributed by atoms with Crippen LogP contribution in [0.5, 0.6) is 0 Å². The molecule has 0 nitrogen and oxygen atoms in total. The maximum atomic E-state index is 2.08. The Labute approximate surface area is 133 Å². The summed E-state index contributed by atoms with van der Waals surface area (Å²) < 4.78 is 0. The Morgan fingerprint density at radius 1 is 0.500 bits per heavy atom. The fourth-order valence-corrected chi connectivity index (χ4v) is 1.07. The largest absolute Gasteiger partial charge is 0.107 e. The van der Waals surface area contributed by atoms with E-state index in [1.807, 2.05) is 36.4 Å². The SMILES string of the molecule is Cc1ccccc1.Cc1ccccc1.I.I. The highest BCUT2D eigenvalue weighted by Crippen LogP contribution is 1.92. The topological polar surface area (TPSA) is 0 Å². The number of hydrogen-bond donors (Lipinski definition) is 0. The molecule has 0 heterocycles.